The largest absolute Gasteiger partial charge is 0.451 e. The number of piperidine rings is 1. The number of ketones is 1. The smallest absolute Gasteiger partial charge is 0.366 e. The van der Waals surface area contributed by atoms with Crippen LogP contribution in [-0.2, 0) is 39.2 Å². The minimum atomic E-state index is -4.57. The van der Waals surface area contributed by atoms with Crippen LogP contribution in [0, 0.1) is 0 Å². The second-order valence-corrected chi connectivity index (χ2v) is 14.3. The molecule has 2 aliphatic heterocycles. The number of aromatic nitrogens is 3. The quantitative estimate of drug-likeness (QED) is 0.301. The number of rotatable bonds is 8. The van der Waals surface area contributed by atoms with Crippen molar-refractivity contribution in [3.63, 3.8) is 0 Å². The van der Waals surface area contributed by atoms with Gasteiger partial charge in [-0.15, -0.1) is 11.3 Å². The van der Waals surface area contributed by atoms with Crippen LogP contribution in [0.15, 0.2) is 41.7 Å². The highest BCUT2D eigenvalue weighted by Gasteiger charge is 2.45. The SMILES string of the molecule is CCS(=O)(=O)c1ccc(CCC(=O)c2cc3c(s2)C2(CCN([C@@H](C)c4cnc(C(F)(F)F)nc4)CC2)O[C@@H](C)C3)nc1. The summed E-state index contributed by atoms with van der Waals surface area (Å²) < 4.78 is 69.2. The molecule has 3 aromatic heterocycles. The van der Waals surface area contributed by atoms with Gasteiger partial charge in [0, 0.05) is 60.3 Å². The van der Waals surface area contributed by atoms with Crippen molar-refractivity contribution in [3.05, 3.63) is 69.2 Å². The van der Waals surface area contributed by atoms with E-state index in [2.05, 4.69) is 19.9 Å². The average Bonchev–Trinajstić information content (AvgIpc) is 3.41. The number of ether oxygens (including phenoxy) is 1. The number of nitrogens with zero attached hydrogens (tertiary/aromatic N) is 4. The molecule has 0 saturated carbocycles. The number of pyridine rings is 1. The van der Waals surface area contributed by atoms with Crippen LogP contribution in [0.2, 0.25) is 0 Å². The molecule has 5 rings (SSSR count). The van der Waals surface area contributed by atoms with Crippen molar-refractivity contribution in [3.8, 4) is 0 Å². The summed E-state index contributed by atoms with van der Waals surface area (Å²) in [6.45, 7) is 6.90. The molecule has 42 heavy (non-hydrogen) atoms. The molecule has 2 atom stereocenters. The first kappa shape index (κ1) is 30.7. The minimum Gasteiger partial charge on any atom is -0.366 e. The number of hydrogen-bond donors (Lipinski definition) is 0. The molecule has 5 heterocycles. The Morgan fingerprint density at radius 2 is 1.86 bits per heavy atom. The average molecular weight is 623 g/mol. The van der Waals surface area contributed by atoms with Crippen LogP contribution in [0.1, 0.15) is 83.3 Å². The van der Waals surface area contributed by atoms with Crippen molar-refractivity contribution < 1.29 is 31.1 Å². The first-order valence-electron chi connectivity index (χ1n) is 14.0. The lowest BCUT2D eigenvalue weighted by atomic mass is 9.83. The number of Topliss-reactive ketones (excluding diaryl/α,β-unsaturated/α-hetero) is 1. The number of sulfone groups is 1. The Labute approximate surface area is 247 Å². The Morgan fingerprint density at radius 3 is 2.45 bits per heavy atom. The van der Waals surface area contributed by atoms with Gasteiger partial charge in [-0.05, 0) is 63.3 Å². The van der Waals surface area contributed by atoms with E-state index in [9.17, 15) is 26.4 Å². The van der Waals surface area contributed by atoms with Crippen molar-refractivity contribution >= 4 is 27.0 Å². The molecule has 1 spiro atoms. The van der Waals surface area contributed by atoms with Crippen LogP contribution in [0.25, 0.3) is 0 Å². The van der Waals surface area contributed by atoms with Crippen LogP contribution in [0.5, 0.6) is 0 Å². The molecule has 0 aliphatic carbocycles. The number of alkyl halides is 3. The van der Waals surface area contributed by atoms with E-state index in [1.165, 1.54) is 36.0 Å². The molecule has 0 aromatic carbocycles. The monoisotopic (exact) mass is 622 g/mol. The van der Waals surface area contributed by atoms with E-state index in [0.29, 0.717) is 48.5 Å². The lowest BCUT2D eigenvalue weighted by Gasteiger charge is -2.47. The van der Waals surface area contributed by atoms with Gasteiger partial charge in [-0.3, -0.25) is 14.7 Å². The molecule has 1 fully saturated rings. The highest BCUT2D eigenvalue weighted by Crippen LogP contribution is 2.48. The maximum atomic E-state index is 13.2. The van der Waals surface area contributed by atoms with E-state index in [-0.39, 0.29) is 35.0 Å². The molecule has 0 amide bonds. The summed E-state index contributed by atoms with van der Waals surface area (Å²) in [5.74, 6) is -1.13. The van der Waals surface area contributed by atoms with Crippen molar-refractivity contribution in [2.45, 2.75) is 81.7 Å². The van der Waals surface area contributed by atoms with Gasteiger partial charge in [0.15, 0.2) is 15.6 Å². The van der Waals surface area contributed by atoms with E-state index in [1.807, 2.05) is 19.9 Å². The van der Waals surface area contributed by atoms with Gasteiger partial charge >= 0.3 is 6.18 Å². The Kier molecular flexibility index (Phi) is 8.58. The molecule has 0 N–H and O–H groups in total. The van der Waals surface area contributed by atoms with E-state index in [4.69, 9.17) is 4.74 Å². The number of carbonyl (C=O) groups excluding carboxylic acids is 1. The van der Waals surface area contributed by atoms with Crippen molar-refractivity contribution in [1.82, 2.24) is 19.9 Å². The number of carbonyl (C=O) groups is 1. The summed E-state index contributed by atoms with van der Waals surface area (Å²) in [5.41, 5.74) is 1.91. The Morgan fingerprint density at radius 1 is 1.17 bits per heavy atom. The topological polar surface area (TPSA) is 102 Å². The molecule has 8 nitrogen and oxygen atoms in total. The normalized spacial score (nSPS) is 19.9. The number of thiophene rings is 1. The lowest BCUT2D eigenvalue weighted by Crippen LogP contribution is -2.48. The van der Waals surface area contributed by atoms with Gasteiger partial charge in [0.1, 0.15) is 5.60 Å². The standard InChI is InChI=1S/C29H33F3N4O4S2/c1-4-42(38,39)23-7-5-22(33-17-23)6-8-24(37)25-14-20-13-18(2)40-28(26(20)41-25)9-11-36(12-10-28)19(3)21-15-34-27(35-16-21)29(30,31)32/h5,7,14-19H,4,6,8-13H2,1-3H3/t18-,19-/m0/s1. The van der Waals surface area contributed by atoms with E-state index >= 15 is 0 Å². The first-order valence-corrected chi connectivity index (χ1v) is 16.4. The highest BCUT2D eigenvalue weighted by molar-refractivity contribution is 7.91. The zero-order chi connectivity index (χ0) is 30.3. The van der Waals surface area contributed by atoms with Crippen LogP contribution in [-0.4, -0.2) is 59.0 Å². The fraction of sp³-hybridized carbons (Fsp3) is 0.517. The summed E-state index contributed by atoms with van der Waals surface area (Å²) in [6.07, 6.45) is 2.04. The Hall–Kier alpha value is -2.74. The zero-order valence-electron chi connectivity index (χ0n) is 23.6. The number of aryl methyl sites for hydroxylation is 1. The van der Waals surface area contributed by atoms with Gasteiger partial charge in [0.2, 0.25) is 5.82 Å². The second-order valence-electron chi connectivity index (χ2n) is 11.0. The van der Waals surface area contributed by atoms with Crippen LogP contribution in [0.3, 0.4) is 0 Å². The Bertz CT molecular complexity index is 1530. The van der Waals surface area contributed by atoms with Gasteiger partial charge in [-0.25, -0.2) is 18.4 Å². The van der Waals surface area contributed by atoms with Gasteiger partial charge in [0.25, 0.3) is 0 Å². The summed E-state index contributed by atoms with van der Waals surface area (Å²) >= 11 is 1.49. The predicted octanol–water partition coefficient (Wildman–Crippen LogP) is 5.57. The summed E-state index contributed by atoms with van der Waals surface area (Å²) in [5, 5.41) is 0. The minimum absolute atomic E-state index is 0.00451. The number of hydrogen-bond acceptors (Lipinski definition) is 9. The van der Waals surface area contributed by atoms with Gasteiger partial charge in [-0.2, -0.15) is 13.2 Å². The van der Waals surface area contributed by atoms with Crippen molar-refractivity contribution in [2.75, 3.05) is 18.8 Å². The van der Waals surface area contributed by atoms with E-state index < -0.39 is 27.4 Å². The van der Waals surface area contributed by atoms with Crippen LogP contribution < -0.4 is 0 Å². The fourth-order valence-corrected chi connectivity index (χ4v) is 7.87. The van der Waals surface area contributed by atoms with Gasteiger partial charge < -0.3 is 4.74 Å². The fourth-order valence-electron chi connectivity index (χ4n) is 5.70. The number of halogens is 3. The van der Waals surface area contributed by atoms with Crippen molar-refractivity contribution in [2.24, 2.45) is 0 Å². The number of likely N-dealkylation sites (tertiary alicyclic amines) is 1. The Balaban J connectivity index is 1.25. The van der Waals surface area contributed by atoms with Crippen molar-refractivity contribution in [1.29, 1.82) is 0 Å². The molecule has 13 heteroatoms. The summed E-state index contributed by atoms with van der Waals surface area (Å²) in [4.78, 5) is 28.6. The van der Waals surface area contributed by atoms with E-state index in [1.54, 1.807) is 13.0 Å². The maximum absolute atomic E-state index is 13.2. The van der Waals surface area contributed by atoms with E-state index in [0.717, 1.165) is 16.9 Å². The second kappa shape index (κ2) is 11.7. The third-order valence-corrected chi connectivity index (χ3v) is 11.3. The lowest BCUT2D eigenvalue weighted by molar-refractivity contribution is -0.145. The highest BCUT2D eigenvalue weighted by atomic mass is 32.2. The molecule has 3 aromatic rings. The maximum Gasteiger partial charge on any atom is 0.451 e. The molecule has 0 radical (unpaired) electrons. The summed E-state index contributed by atoms with van der Waals surface area (Å²) in [6, 6.07) is 5.03. The molecule has 0 bridgehead atoms. The van der Waals surface area contributed by atoms with Crippen LogP contribution in [0.4, 0.5) is 13.2 Å². The molecule has 226 valence electrons. The molecule has 2 aliphatic rings. The van der Waals surface area contributed by atoms with Crippen LogP contribution >= 0.6 is 11.3 Å². The number of fused-ring (bicyclic) bond motifs is 2. The molecular formula is C29H33F3N4O4S2. The molecular weight excluding hydrogens is 589 g/mol. The molecule has 1 saturated heterocycles. The third kappa shape index (κ3) is 6.29. The zero-order valence-corrected chi connectivity index (χ0v) is 25.3. The van der Waals surface area contributed by atoms with Gasteiger partial charge in [0.05, 0.1) is 21.6 Å². The third-order valence-electron chi connectivity index (χ3n) is 8.14. The first-order chi connectivity index (χ1) is 19.8. The predicted molar refractivity (Wildman–Crippen MR) is 151 cm³/mol. The van der Waals surface area contributed by atoms with Gasteiger partial charge in [-0.1, -0.05) is 6.92 Å². The summed E-state index contributed by atoms with van der Waals surface area (Å²) in [7, 11) is -3.32. The molecule has 0 unspecified atom stereocenters.